The zero-order valence-electron chi connectivity index (χ0n) is 7.70. The van der Waals surface area contributed by atoms with Crippen molar-refractivity contribution in [2.75, 3.05) is 18.0 Å². The van der Waals surface area contributed by atoms with Crippen molar-refractivity contribution in [3.8, 4) is 0 Å². The van der Waals surface area contributed by atoms with Crippen LogP contribution in [0.2, 0.25) is 0 Å². The summed E-state index contributed by atoms with van der Waals surface area (Å²) in [6.07, 6.45) is 0. The van der Waals surface area contributed by atoms with Crippen molar-refractivity contribution >= 4 is 32.4 Å². The fourth-order valence-corrected chi connectivity index (χ4v) is 2.72. The van der Waals surface area contributed by atoms with E-state index in [1.807, 2.05) is 0 Å². The summed E-state index contributed by atoms with van der Waals surface area (Å²) in [5, 5.41) is 9.11. The SMILES string of the molecule is CC1CN(c2nnc(Br)s2)CC1C. The van der Waals surface area contributed by atoms with Crippen molar-refractivity contribution in [1.29, 1.82) is 0 Å². The van der Waals surface area contributed by atoms with E-state index in [9.17, 15) is 0 Å². The topological polar surface area (TPSA) is 29.0 Å². The number of nitrogens with zero attached hydrogens (tertiary/aromatic N) is 3. The van der Waals surface area contributed by atoms with Gasteiger partial charge in [0.15, 0.2) is 3.92 Å². The number of rotatable bonds is 1. The van der Waals surface area contributed by atoms with E-state index in [4.69, 9.17) is 0 Å². The quantitative estimate of drug-likeness (QED) is 0.778. The smallest absolute Gasteiger partial charge is 0.209 e. The Balaban J connectivity index is 2.11. The average Bonchev–Trinajstić information content (AvgIpc) is 2.61. The second-order valence-electron chi connectivity index (χ2n) is 3.70. The highest BCUT2D eigenvalue weighted by molar-refractivity contribution is 9.11. The van der Waals surface area contributed by atoms with Gasteiger partial charge in [-0.2, -0.15) is 0 Å². The predicted molar refractivity (Wildman–Crippen MR) is 58.2 cm³/mol. The molecule has 2 heterocycles. The third-order valence-corrected chi connectivity index (χ3v) is 4.07. The van der Waals surface area contributed by atoms with Gasteiger partial charge in [0, 0.05) is 13.1 Å². The standard InChI is InChI=1S/C8H12BrN3S/c1-5-3-12(4-6(5)2)8-11-10-7(9)13-8/h5-6H,3-4H2,1-2H3. The van der Waals surface area contributed by atoms with Crippen LogP contribution in [0.15, 0.2) is 3.92 Å². The van der Waals surface area contributed by atoms with Gasteiger partial charge in [0.25, 0.3) is 0 Å². The molecular weight excluding hydrogens is 250 g/mol. The van der Waals surface area contributed by atoms with E-state index in [1.165, 1.54) is 0 Å². The lowest BCUT2D eigenvalue weighted by Crippen LogP contribution is -2.19. The van der Waals surface area contributed by atoms with Crippen molar-refractivity contribution in [3.63, 3.8) is 0 Å². The molecule has 13 heavy (non-hydrogen) atoms. The highest BCUT2D eigenvalue weighted by Gasteiger charge is 2.27. The van der Waals surface area contributed by atoms with Gasteiger partial charge in [-0.3, -0.25) is 0 Å². The molecule has 0 aromatic carbocycles. The second-order valence-corrected chi connectivity index (χ2v) is 5.93. The molecule has 1 aliphatic heterocycles. The van der Waals surface area contributed by atoms with Gasteiger partial charge < -0.3 is 4.90 Å². The molecule has 1 aromatic heterocycles. The van der Waals surface area contributed by atoms with E-state index < -0.39 is 0 Å². The Bertz CT molecular complexity index is 291. The summed E-state index contributed by atoms with van der Waals surface area (Å²) in [6, 6.07) is 0. The van der Waals surface area contributed by atoms with Crippen LogP contribution in [-0.4, -0.2) is 23.3 Å². The molecule has 72 valence electrons. The molecule has 0 saturated carbocycles. The number of hydrogen-bond acceptors (Lipinski definition) is 4. The van der Waals surface area contributed by atoms with Crippen LogP contribution in [0.1, 0.15) is 13.8 Å². The van der Waals surface area contributed by atoms with E-state index >= 15 is 0 Å². The average molecular weight is 262 g/mol. The first-order chi connectivity index (χ1) is 6.16. The zero-order valence-corrected chi connectivity index (χ0v) is 10.1. The maximum atomic E-state index is 4.11. The normalized spacial score (nSPS) is 28.4. The summed E-state index contributed by atoms with van der Waals surface area (Å²) in [4.78, 5) is 2.32. The number of halogens is 1. The minimum atomic E-state index is 0.766. The van der Waals surface area contributed by atoms with Crippen molar-refractivity contribution in [2.45, 2.75) is 13.8 Å². The summed E-state index contributed by atoms with van der Waals surface area (Å²) >= 11 is 4.94. The number of hydrogen-bond donors (Lipinski definition) is 0. The van der Waals surface area contributed by atoms with Crippen molar-refractivity contribution in [3.05, 3.63) is 3.92 Å². The Kier molecular flexibility index (Phi) is 2.55. The molecule has 0 spiro atoms. The first-order valence-electron chi connectivity index (χ1n) is 4.41. The van der Waals surface area contributed by atoms with E-state index in [2.05, 4.69) is 44.9 Å². The number of aromatic nitrogens is 2. The Morgan fingerprint density at radius 2 is 1.92 bits per heavy atom. The van der Waals surface area contributed by atoms with E-state index in [0.29, 0.717) is 0 Å². The van der Waals surface area contributed by atoms with Gasteiger partial charge in [0.1, 0.15) is 0 Å². The molecule has 1 saturated heterocycles. The molecule has 0 radical (unpaired) electrons. The van der Waals surface area contributed by atoms with E-state index in [-0.39, 0.29) is 0 Å². The molecule has 0 bridgehead atoms. The summed E-state index contributed by atoms with van der Waals surface area (Å²) in [5.74, 6) is 1.53. The first-order valence-corrected chi connectivity index (χ1v) is 6.01. The second kappa shape index (κ2) is 3.53. The van der Waals surface area contributed by atoms with Gasteiger partial charge in [-0.25, -0.2) is 0 Å². The van der Waals surface area contributed by atoms with Crippen LogP contribution in [-0.2, 0) is 0 Å². The fraction of sp³-hybridized carbons (Fsp3) is 0.750. The monoisotopic (exact) mass is 261 g/mol. The number of anilines is 1. The van der Waals surface area contributed by atoms with Gasteiger partial charge >= 0.3 is 0 Å². The molecule has 2 unspecified atom stereocenters. The lowest BCUT2D eigenvalue weighted by Gasteiger charge is -2.12. The van der Waals surface area contributed by atoms with Crippen molar-refractivity contribution in [2.24, 2.45) is 11.8 Å². The van der Waals surface area contributed by atoms with Gasteiger partial charge in [-0.05, 0) is 27.8 Å². The van der Waals surface area contributed by atoms with Crippen LogP contribution in [0, 0.1) is 11.8 Å². The largest absolute Gasteiger partial charge is 0.346 e. The highest BCUT2D eigenvalue weighted by atomic mass is 79.9. The zero-order chi connectivity index (χ0) is 9.42. The summed E-state index contributed by atoms with van der Waals surface area (Å²) in [5.41, 5.74) is 0. The molecule has 3 nitrogen and oxygen atoms in total. The maximum absolute atomic E-state index is 4.11. The lowest BCUT2D eigenvalue weighted by molar-refractivity contribution is 0.494. The molecule has 0 aliphatic carbocycles. The van der Waals surface area contributed by atoms with Crippen molar-refractivity contribution < 1.29 is 0 Å². The summed E-state index contributed by atoms with van der Waals surface area (Å²) in [6.45, 7) is 6.81. The van der Waals surface area contributed by atoms with Gasteiger partial charge in [-0.1, -0.05) is 25.2 Å². The van der Waals surface area contributed by atoms with Crippen LogP contribution in [0.3, 0.4) is 0 Å². The third kappa shape index (κ3) is 1.86. The van der Waals surface area contributed by atoms with Gasteiger partial charge in [0.2, 0.25) is 5.13 Å². The molecule has 1 aromatic rings. The van der Waals surface area contributed by atoms with Crippen molar-refractivity contribution in [1.82, 2.24) is 10.2 Å². The van der Waals surface area contributed by atoms with Crippen LogP contribution < -0.4 is 4.90 Å². The Morgan fingerprint density at radius 3 is 2.38 bits per heavy atom. The van der Waals surface area contributed by atoms with Crippen LogP contribution in [0.5, 0.6) is 0 Å². The lowest BCUT2D eigenvalue weighted by atomic mass is 10.0. The molecule has 2 rings (SSSR count). The molecule has 1 fully saturated rings. The van der Waals surface area contributed by atoms with E-state index in [1.54, 1.807) is 11.3 Å². The Hall–Kier alpha value is -0.160. The van der Waals surface area contributed by atoms with Gasteiger partial charge in [0.05, 0.1) is 0 Å². The maximum Gasteiger partial charge on any atom is 0.209 e. The highest BCUT2D eigenvalue weighted by Crippen LogP contribution is 2.31. The summed E-state index contributed by atoms with van der Waals surface area (Å²) in [7, 11) is 0. The minimum Gasteiger partial charge on any atom is -0.346 e. The molecular formula is C8H12BrN3S. The third-order valence-electron chi connectivity index (χ3n) is 2.65. The van der Waals surface area contributed by atoms with Crippen LogP contribution >= 0.6 is 27.3 Å². The molecule has 5 heteroatoms. The Labute approximate surface area is 90.3 Å². The molecule has 0 N–H and O–H groups in total. The van der Waals surface area contributed by atoms with Gasteiger partial charge in [-0.15, -0.1) is 10.2 Å². The predicted octanol–water partition coefficient (Wildman–Crippen LogP) is 2.39. The van der Waals surface area contributed by atoms with Crippen LogP contribution in [0.4, 0.5) is 5.13 Å². The summed E-state index contributed by atoms with van der Waals surface area (Å²) < 4.78 is 0.870. The molecule has 1 aliphatic rings. The first kappa shape index (κ1) is 9.40. The molecule has 2 atom stereocenters. The minimum absolute atomic E-state index is 0.766. The Morgan fingerprint density at radius 1 is 1.31 bits per heavy atom. The van der Waals surface area contributed by atoms with E-state index in [0.717, 1.165) is 34.0 Å². The molecule has 0 amide bonds. The fourth-order valence-electron chi connectivity index (χ4n) is 1.61. The van der Waals surface area contributed by atoms with Crippen LogP contribution in [0.25, 0.3) is 0 Å².